The van der Waals surface area contributed by atoms with Crippen molar-refractivity contribution in [3.63, 3.8) is 0 Å². The van der Waals surface area contributed by atoms with Gasteiger partial charge in [0.2, 0.25) is 0 Å². The fourth-order valence-corrected chi connectivity index (χ4v) is 2.81. The second-order valence-corrected chi connectivity index (χ2v) is 5.78. The van der Waals surface area contributed by atoms with Crippen molar-refractivity contribution in [2.75, 3.05) is 0 Å². The molecule has 104 valence electrons. The van der Waals surface area contributed by atoms with Crippen LogP contribution in [0.25, 0.3) is 22.6 Å². The van der Waals surface area contributed by atoms with E-state index in [9.17, 15) is 0 Å². The molecular weight excluding hydrogens is 260 g/mol. The van der Waals surface area contributed by atoms with E-state index < -0.39 is 5.60 Å². The van der Waals surface area contributed by atoms with Crippen LogP contribution in [0.4, 0.5) is 0 Å². The smallest absolute Gasteiger partial charge is 0.145 e. The summed E-state index contributed by atoms with van der Waals surface area (Å²) in [4.78, 5) is 8.27. The van der Waals surface area contributed by atoms with Crippen molar-refractivity contribution in [2.24, 2.45) is 0 Å². The molecule has 4 rings (SSSR count). The largest absolute Gasteiger partial charge is 0.481 e. The van der Waals surface area contributed by atoms with Gasteiger partial charge < -0.3 is 9.72 Å². The predicted molar refractivity (Wildman–Crippen MR) is 83.1 cm³/mol. The van der Waals surface area contributed by atoms with E-state index in [0.717, 1.165) is 34.1 Å². The molecule has 0 spiro atoms. The molecule has 0 bridgehead atoms. The van der Waals surface area contributed by atoms with Crippen molar-refractivity contribution in [1.29, 1.82) is 0 Å². The van der Waals surface area contributed by atoms with Gasteiger partial charge in [0.1, 0.15) is 17.2 Å². The highest BCUT2D eigenvalue weighted by Crippen LogP contribution is 2.44. The lowest BCUT2D eigenvalue weighted by molar-refractivity contribution is 0.101. The Hall–Kier alpha value is -2.55. The van der Waals surface area contributed by atoms with Gasteiger partial charge in [-0.25, -0.2) is 4.98 Å². The summed E-state index contributed by atoms with van der Waals surface area (Å²) in [7, 11) is 0. The lowest BCUT2D eigenvalue weighted by Crippen LogP contribution is -2.29. The number of hydrogen-bond acceptors (Lipinski definition) is 2. The Labute approximate surface area is 123 Å². The number of aromatic amines is 1. The zero-order chi connectivity index (χ0) is 14.4. The molecule has 1 aromatic heterocycles. The lowest BCUT2D eigenvalue weighted by Gasteiger charge is -2.31. The van der Waals surface area contributed by atoms with Crippen LogP contribution in [0.3, 0.4) is 0 Å². The number of para-hydroxylation sites is 1. The van der Waals surface area contributed by atoms with Crippen LogP contribution in [-0.4, -0.2) is 9.97 Å². The summed E-state index contributed by atoms with van der Waals surface area (Å²) in [5.41, 5.74) is 3.73. The average molecular weight is 276 g/mol. The maximum Gasteiger partial charge on any atom is 0.145 e. The summed E-state index contributed by atoms with van der Waals surface area (Å²) in [5.74, 6) is 1.77. The first-order valence-electron chi connectivity index (χ1n) is 7.09. The second kappa shape index (κ2) is 4.22. The van der Waals surface area contributed by atoms with Gasteiger partial charge in [0.15, 0.2) is 0 Å². The number of ether oxygens (including phenoxy) is 1. The first-order valence-corrected chi connectivity index (χ1v) is 7.09. The minimum absolute atomic E-state index is 0.413. The van der Waals surface area contributed by atoms with Crippen LogP contribution in [0.15, 0.2) is 54.6 Å². The molecular formula is C18H16N2O. The highest BCUT2D eigenvalue weighted by molar-refractivity contribution is 5.75. The molecule has 1 N–H and O–H groups in total. The number of nitrogens with one attached hydrogen (secondary N) is 1. The Balaban J connectivity index is 1.95. The van der Waals surface area contributed by atoms with Gasteiger partial charge >= 0.3 is 0 Å². The maximum absolute atomic E-state index is 6.12. The van der Waals surface area contributed by atoms with Crippen LogP contribution >= 0.6 is 0 Å². The van der Waals surface area contributed by atoms with E-state index in [-0.39, 0.29) is 0 Å². The molecule has 0 saturated heterocycles. The van der Waals surface area contributed by atoms with Gasteiger partial charge in [-0.15, -0.1) is 0 Å². The van der Waals surface area contributed by atoms with Crippen LogP contribution in [0.2, 0.25) is 0 Å². The summed E-state index contributed by atoms with van der Waals surface area (Å²) in [6, 6.07) is 18.2. The molecule has 3 aromatic rings. The number of aromatic nitrogens is 2. The Morgan fingerprint density at radius 2 is 1.67 bits per heavy atom. The molecule has 0 unspecified atom stereocenters. The van der Waals surface area contributed by atoms with Crippen molar-refractivity contribution in [1.82, 2.24) is 9.97 Å². The summed E-state index contributed by atoms with van der Waals surface area (Å²) in [5, 5.41) is 0. The highest BCUT2D eigenvalue weighted by Gasteiger charge is 2.35. The predicted octanol–water partition coefficient (Wildman–Crippen LogP) is 4.37. The van der Waals surface area contributed by atoms with Crippen LogP contribution in [0.5, 0.6) is 5.75 Å². The second-order valence-electron chi connectivity index (χ2n) is 5.78. The Bertz CT molecular complexity index is 803. The molecule has 0 fully saturated rings. The van der Waals surface area contributed by atoms with E-state index in [1.165, 1.54) is 0 Å². The van der Waals surface area contributed by atoms with Crippen LogP contribution in [-0.2, 0) is 5.60 Å². The molecule has 3 heteroatoms. The normalized spacial score (nSPS) is 15.0. The van der Waals surface area contributed by atoms with E-state index in [1.807, 2.05) is 36.4 Å². The molecule has 0 amide bonds. The molecule has 0 saturated carbocycles. The number of rotatable bonds is 1. The maximum atomic E-state index is 6.12. The molecule has 0 radical (unpaired) electrons. The van der Waals surface area contributed by atoms with E-state index in [4.69, 9.17) is 9.72 Å². The van der Waals surface area contributed by atoms with Crippen molar-refractivity contribution in [2.45, 2.75) is 19.4 Å². The number of H-pyrrole nitrogens is 1. The Kier molecular flexibility index (Phi) is 2.45. The number of hydrogen-bond donors (Lipinski definition) is 1. The molecule has 2 heterocycles. The van der Waals surface area contributed by atoms with Crippen molar-refractivity contribution in [3.05, 3.63) is 60.3 Å². The van der Waals surface area contributed by atoms with Crippen molar-refractivity contribution >= 4 is 0 Å². The topological polar surface area (TPSA) is 37.9 Å². The van der Waals surface area contributed by atoms with E-state index in [0.29, 0.717) is 0 Å². The molecule has 2 aromatic carbocycles. The molecule has 0 aliphatic carbocycles. The Morgan fingerprint density at radius 3 is 2.48 bits per heavy atom. The standard InChI is InChI=1S/C18H16N2O/c1-18(2)16-15(13-10-6-7-11-14(13)21-18)19-17(20-16)12-8-4-3-5-9-12/h3-11H,1-2H3,(H,19,20). The van der Waals surface area contributed by atoms with Crippen molar-refractivity contribution < 1.29 is 4.74 Å². The van der Waals surface area contributed by atoms with E-state index in [1.54, 1.807) is 0 Å². The van der Waals surface area contributed by atoms with E-state index >= 15 is 0 Å². The summed E-state index contributed by atoms with van der Waals surface area (Å²) < 4.78 is 6.12. The van der Waals surface area contributed by atoms with Gasteiger partial charge in [0, 0.05) is 11.1 Å². The van der Waals surface area contributed by atoms with Crippen molar-refractivity contribution in [3.8, 4) is 28.4 Å². The molecule has 1 aliphatic heterocycles. The fourth-order valence-electron chi connectivity index (χ4n) is 2.81. The minimum atomic E-state index is -0.413. The van der Waals surface area contributed by atoms with Gasteiger partial charge in [-0.1, -0.05) is 42.5 Å². The van der Waals surface area contributed by atoms with Gasteiger partial charge in [-0.2, -0.15) is 0 Å². The third-order valence-electron chi connectivity index (χ3n) is 3.86. The average Bonchev–Trinajstić information content (AvgIpc) is 2.94. The van der Waals surface area contributed by atoms with Crippen LogP contribution in [0.1, 0.15) is 19.5 Å². The molecule has 3 nitrogen and oxygen atoms in total. The zero-order valence-electron chi connectivity index (χ0n) is 12.1. The molecule has 21 heavy (non-hydrogen) atoms. The monoisotopic (exact) mass is 276 g/mol. The van der Waals surface area contributed by atoms with Crippen LogP contribution < -0.4 is 4.74 Å². The number of imidazole rings is 1. The van der Waals surface area contributed by atoms with Gasteiger partial charge in [0.05, 0.1) is 11.4 Å². The summed E-state index contributed by atoms with van der Waals surface area (Å²) in [6.45, 7) is 4.13. The minimum Gasteiger partial charge on any atom is -0.481 e. The number of nitrogens with zero attached hydrogens (tertiary/aromatic N) is 1. The SMILES string of the molecule is CC1(C)Oc2ccccc2-c2nc(-c3ccccc3)[nH]c21. The van der Waals surface area contributed by atoms with Gasteiger partial charge in [0.25, 0.3) is 0 Å². The first-order chi connectivity index (χ1) is 10.1. The lowest BCUT2D eigenvalue weighted by atomic mass is 9.95. The summed E-state index contributed by atoms with van der Waals surface area (Å²) >= 11 is 0. The first kappa shape index (κ1) is 12.2. The quantitative estimate of drug-likeness (QED) is 0.716. The molecule has 1 aliphatic rings. The van der Waals surface area contributed by atoms with Gasteiger partial charge in [-0.05, 0) is 26.0 Å². The Morgan fingerprint density at radius 1 is 0.952 bits per heavy atom. The third-order valence-corrected chi connectivity index (χ3v) is 3.86. The zero-order valence-corrected chi connectivity index (χ0v) is 12.1. The number of benzene rings is 2. The van der Waals surface area contributed by atoms with Gasteiger partial charge in [-0.3, -0.25) is 0 Å². The highest BCUT2D eigenvalue weighted by atomic mass is 16.5. The fraction of sp³-hybridized carbons (Fsp3) is 0.167. The summed E-state index contributed by atoms with van der Waals surface area (Å²) in [6.07, 6.45) is 0. The third kappa shape index (κ3) is 1.85. The molecule has 0 atom stereocenters. The van der Waals surface area contributed by atoms with Crippen LogP contribution in [0, 0.1) is 0 Å². The van der Waals surface area contributed by atoms with E-state index in [2.05, 4.69) is 37.0 Å². The number of fused-ring (bicyclic) bond motifs is 3.